The fraction of sp³-hybridized carbons (Fsp3) is 0.438. The number of rotatable bonds is 2. The Morgan fingerprint density at radius 1 is 1.32 bits per heavy atom. The monoisotopic (exact) mass is 342 g/mol. The van der Waals surface area contributed by atoms with Crippen LogP contribution in [0.1, 0.15) is 35.1 Å². The summed E-state index contributed by atoms with van der Waals surface area (Å²) in [4.78, 5) is 18.9. The van der Waals surface area contributed by atoms with E-state index in [0.717, 1.165) is 11.0 Å². The summed E-state index contributed by atoms with van der Waals surface area (Å²) in [5.74, 6) is 0.872. The summed E-state index contributed by atoms with van der Waals surface area (Å²) in [6.07, 6.45) is -0.548. The van der Waals surface area contributed by atoms with Gasteiger partial charge in [0, 0.05) is 19.2 Å². The first-order valence-electron chi connectivity index (χ1n) is 8.05. The van der Waals surface area contributed by atoms with Gasteiger partial charge >= 0.3 is 0 Å². The summed E-state index contributed by atoms with van der Waals surface area (Å²) >= 11 is 0. The van der Waals surface area contributed by atoms with Gasteiger partial charge in [0.1, 0.15) is 5.52 Å². The Bertz CT molecular complexity index is 933. The predicted molar refractivity (Wildman–Crippen MR) is 86.7 cm³/mol. The number of morpholine rings is 1. The van der Waals surface area contributed by atoms with Gasteiger partial charge in [0.2, 0.25) is 0 Å². The van der Waals surface area contributed by atoms with E-state index in [2.05, 4.69) is 20.5 Å². The number of benzene rings is 1. The van der Waals surface area contributed by atoms with Crippen LogP contribution in [0, 0.1) is 6.92 Å². The van der Waals surface area contributed by atoms with Gasteiger partial charge in [-0.1, -0.05) is 10.4 Å². The topological polar surface area (TPSA) is 99.2 Å². The van der Waals surface area contributed by atoms with Crippen LogP contribution in [0.4, 0.5) is 0 Å². The highest BCUT2D eigenvalue weighted by Gasteiger charge is 2.33. The first kappa shape index (κ1) is 15.7. The van der Waals surface area contributed by atoms with Crippen molar-refractivity contribution < 1.29 is 14.1 Å². The number of carbonyl (C=O) groups excluding carboxylic acids is 1. The van der Waals surface area contributed by atoms with Gasteiger partial charge < -0.3 is 14.2 Å². The molecule has 3 heterocycles. The SMILES string of the molecule is Cc1noc([C@H]2CN(C(=O)c3ccc4nnn(C)c4c3)C[C@@H](C)O2)n1. The molecule has 2 aromatic heterocycles. The zero-order chi connectivity index (χ0) is 17.6. The third kappa shape index (κ3) is 2.86. The molecule has 130 valence electrons. The van der Waals surface area contributed by atoms with Crippen LogP contribution in [0.5, 0.6) is 0 Å². The third-order valence-corrected chi connectivity index (χ3v) is 4.22. The van der Waals surface area contributed by atoms with E-state index >= 15 is 0 Å². The standard InChI is InChI=1S/C16H18N6O3/c1-9-7-22(8-14(24-9)15-17-10(2)19-25-15)16(23)11-4-5-12-13(6-11)21(3)20-18-12/h4-6,9,14H,7-8H2,1-3H3/t9-,14-/m1/s1. The summed E-state index contributed by atoms with van der Waals surface area (Å²) in [7, 11) is 1.80. The molecule has 0 aliphatic carbocycles. The normalized spacial score (nSPS) is 21.0. The molecule has 1 saturated heterocycles. The molecule has 2 atom stereocenters. The van der Waals surface area contributed by atoms with Crippen LogP contribution in [-0.2, 0) is 11.8 Å². The van der Waals surface area contributed by atoms with Gasteiger partial charge in [-0.15, -0.1) is 5.10 Å². The molecule has 4 rings (SSSR count). The van der Waals surface area contributed by atoms with Crippen LogP contribution in [0.2, 0.25) is 0 Å². The fourth-order valence-corrected chi connectivity index (χ4v) is 3.04. The van der Waals surface area contributed by atoms with Crippen molar-refractivity contribution in [1.82, 2.24) is 30.0 Å². The zero-order valence-electron chi connectivity index (χ0n) is 14.2. The molecule has 0 saturated carbocycles. The maximum atomic E-state index is 13.0. The smallest absolute Gasteiger partial charge is 0.257 e. The van der Waals surface area contributed by atoms with E-state index < -0.39 is 6.10 Å². The minimum atomic E-state index is -0.420. The molecule has 0 spiro atoms. The van der Waals surface area contributed by atoms with Gasteiger partial charge in [0.15, 0.2) is 11.9 Å². The first-order chi connectivity index (χ1) is 12.0. The van der Waals surface area contributed by atoms with Crippen molar-refractivity contribution in [2.45, 2.75) is 26.1 Å². The Kier molecular flexibility index (Phi) is 3.72. The molecule has 1 fully saturated rings. The number of fused-ring (bicyclic) bond motifs is 1. The molecule has 25 heavy (non-hydrogen) atoms. The van der Waals surface area contributed by atoms with Crippen LogP contribution >= 0.6 is 0 Å². The number of aryl methyl sites for hydroxylation is 2. The Balaban J connectivity index is 1.60. The van der Waals surface area contributed by atoms with Gasteiger partial charge in [-0.3, -0.25) is 4.79 Å². The highest BCUT2D eigenvalue weighted by molar-refractivity contribution is 5.97. The largest absolute Gasteiger partial charge is 0.362 e. The lowest BCUT2D eigenvalue weighted by Gasteiger charge is -2.35. The quantitative estimate of drug-likeness (QED) is 0.691. The minimum absolute atomic E-state index is 0.0699. The second kappa shape index (κ2) is 5.92. The summed E-state index contributed by atoms with van der Waals surface area (Å²) in [5, 5.41) is 11.8. The molecule has 0 bridgehead atoms. The maximum absolute atomic E-state index is 13.0. The van der Waals surface area contributed by atoms with Gasteiger partial charge in [-0.25, -0.2) is 4.68 Å². The molecule has 9 heteroatoms. The molecule has 9 nitrogen and oxygen atoms in total. The van der Waals surface area contributed by atoms with Gasteiger partial charge in [0.05, 0.1) is 18.2 Å². The average Bonchev–Trinajstić information content (AvgIpc) is 3.20. The number of nitrogens with zero attached hydrogens (tertiary/aromatic N) is 6. The van der Waals surface area contributed by atoms with Crippen molar-refractivity contribution in [3.05, 3.63) is 35.5 Å². The Morgan fingerprint density at radius 2 is 2.16 bits per heavy atom. The highest BCUT2D eigenvalue weighted by atomic mass is 16.5. The van der Waals surface area contributed by atoms with Gasteiger partial charge in [-0.05, 0) is 32.0 Å². The van der Waals surface area contributed by atoms with E-state index in [1.807, 2.05) is 13.0 Å². The van der Waals surface area contributed by atoms with Crippen molar-refractivity contribution in [3.8, 4) is 0 Å². The first-order valence-corrected chi connectivity index (χ1v) is 8.05. The van der Waals surface area contributed by atoms with Crippen molar-refractivity contribution >= 4 is 16.9 Å². The summed E-state index contributed by atoms with van der Waals surface area (Å²) in [5.41, 5.74) is 2.16. The Hall–Kier alpha value is -2.81. The molecule has 1 aliphatic rings. The van der Waals surface area contributed by atoms with Crippen molar-refractivity contribution in [3.63, 3.8) is 0 Å². The van der Waals surface area contributed by atoms with Crippen molar-refractivity contribution in [2.24, 2.45) is 7.05 Å². The molecule has 0 unspecified atom stereocenters. The van der Waals surface area contributed by atoms with Gasteiger partial charge in [0.25, 0.3) is 11.8 Å². The Labute approximate surface area is 143 Å². The van der Waals surface area contributed by atoms with Crippen LogP contribution in [0.25, 0.3) is 11.0 Å². The minimum Gasteiger partial charge on any atom is -0.362 e. The summed E-state index contributed by atoms with van der Waals surface area (Å²) < 4.78 is 12.7. The number of hydrogen-bond donors (Lipinski definition) is 0. The lowest BCUT2D eigenvalue weighted by Crippen LogP contribution is -2.46. The summed E-state index contributed by atoms with van der Waals surface area (Å²) in [6, 6.07) is 5.38. The summed E-state index contributed by atoms with van der Waals surface area (Å²) in [6.45, 7) is 4.54. The van der Waals surface area contributed by atoms with E-state index in [4.69, 9.17) is 9.26 Å². The lowest BCUT2D eigenvalue weighted by molar-refractivity contribution is -0.0810. The zero-order valence-corrected chi connectivity index (χ0v) is 14.2. The van der Waals surface area contributed by atoms with E-state index in [-0.39, 0.29) is 12.0 Å². The number of aromatic nitrogens is 5. The number of hydrogen-bond acceptors (Lipinski definition) is 7. The maximum Gasteiger partial charge on any atom is 0.257 e. The average molecular weight is 342 g/mol. The second-order valence-electron chi connectivity index (χ2n) is 6.24. The van der Waals surface area contributed by atoms with E-state index in [1.54, 1.807) is 35.7 Å². The number of carbonyl (C=O) groups is 1. The van der Waals surface area contributed by atoms with Gasteiger partial charge in [-0.2, -0.15) is 4.98 Å². The molecule has 3 aromatic rings. The highest BCUT2D eigenvalue weighted by Crippen LogP contribution is 2.25. The molecule has 1 aliphatic heterocycles. The van der Waals surface area contributed by atoms with Crippen LogP contribution in [-0.4, -0.2) is 55.1 Å². The van der Waals surface area contributed by atoms with Crippen LogP contribution < -0.4 is 0 Å². The predicted octanol–water partition coefficient (Wildman–Crippen LogP) is 1.26. The van der Waals surface area contributed by atoms with Crippen LogP contribution in [0.15, 0.2) is 22.7 Å². The number of ether oxygens (including phenoxy) is 1. The lowest BCUT2D eigenvalue weighted by atomic mass is 10.1. The molecular weight excluding hydrogens is 324 g/mol. The molecule has 0 N–H and O–H groups in total. The molecule has 0 radical (unpaired) electrons. The second-order valence-corrected chi connectivity index (χ2v) is 6.24. The van der Waals surface area contributed by atoms with Crippen molar-refractivity contribution in [2.75, 3.05) is 13.1 Å². The molecule has 1 amide bonds. The third-order valence-electron chi connectivity index (χ3n) is 4.22. The van der Waals surface area contributed by atoms with E-state index in [0.29, 0.717) is 30.4 Å². The Morgan fingerprint density at radius 3 is 2.92 bits per heavy atom. The van der Waals surface area contributed by atoms with E-state index in [9.17, 15) is 4.79 Å². The molecule has 1 aromatic carbocycles. The molecular formula is C16H18N6O3. The van der Waals surface area contributed by atoms with Crippen molar-refractivity contribution in [1.29, 1.82) is 0 Å². The van der Waals surface area contributed by atoms with E-state index in [1.165, 1.54) is 0 Å². The fourth-order valence-electron chi connectivity index (χ4n) is 3.04. The van der Waals surface area contributed by atoms with Crippen LogP contribution in [0.3, 0.4) is 0 Å². The number of amides is 1.